The Morgan fingerprint density at radius 3 is 2.62 bits per heavy atom. The van der Waals surface area contributed by atoms with Gasteiger partial charge in [0.1, 0.15) is 16.9 Å². The number of hydrogen-bond donors (Lipinski definition) is 1. The fourth-order valence-electron chi connectivity index (χ4n) is 2.44. The summed E-state index contributed by atoms with van der Waals surface area (Å²) in [5.74, 6) is -0.970. The van der Waals surface area contributed by atoms with Gasteiger partial charge in [0.2, 0.25) is 16.1 Å². The summed E-state index contributed by atoms with van der Waals surface area (Å²) in [5, 5.41) is 10.3. The smallest absolute Gasteiger partial charge is 0.267 e. The minimum Gasteiger partial charge on any atom is -0.382 e. The number of halogens is 1. The SMILES string of the molecule is Cc1ccc(NC(=O)C(C)On2nnc3ccc(S(=O)(=O)N(C)C)cc32)cc1F. The van der Waals surface area contributed by atoms with E-state index in [1.165, 1.54) is 45.3 Å². The van der Waals surface area contributed by atoms with Crippen LogP contribution in [0.3, 0.4) is 0 Å². The monoisotopic (exact) mass is 421 g/mol. The van der Waals surface area contributed by atoms with Gasteiger partial charge in [-0.3, -0.25) is 4.79 Å². The van der Waals surface area contributed by atoms with Gasteiger partial charge in [0.05, 0.1) is 4.90 Å². The predicted molar refractivity (Wildman–Crippen MR) is 104 cm³/mol. The van der Waals surface area contributed by atoms with E-state index in [2.05, 4.69) is 15.6 Å². The highest BCUT2D eigenvalue weighted by Crippen LogP contribution is 2.19. The second kappa shape index (κ2) is 7.76. The lowest BCUT2D eigenvalue weighted by atomic mass is 10.2. The van der Waals surface area contributed by atoms with Gasteiger partial charge in [-0.15, -0.1) is 5.10 Å². The van der Waals surface area contributed by atoms with Crippen LogP contribution in [0, 0.1) is 12.7 Å². The summed E-state index contributed by atoms with van der Waals surface area (Å²) >= 11 is 0. The van der Waals surface area contributed by atoms with Crippen molar-refractivity contribution in [3.8, 4) is 0 Å². The molecule has 154 valence electrons. The molecule has 3 aromatic rings. The van der Waals surface area contributed by atoms with E-state index in [0.29, 0.717) is 11.1 Å². The zero-order chi connectivity index (χ0) is 21.3. The van der Waals surface area contributed by atoms with Crippen LogP contribution in [-0.2, 0) is 14.8 Å². The summed E-state index contributed by atoms with van der Waals surface area (Å²) < 4.78 is 39.4. The Balaban J connectivity index is 1.81. The molecule has 0 bridgehead atoms. The third-order valence-corrected chi connectivity index (χ3v) is 6.04. The average Bonchev–Trinajstić information content (AvgIpc) is 3.06. The predicted octanol–water partition coefficient (Wildman–Crippen LogP) is 1.58. The Morgan fingerprint density at radius 2 is 1.97 bits per heavy atom. The summed E-state index contributed by atoms with van der Waals surface area (Å²) in [6.07, 6.45) is -1.02. The van der Waals surface area contributed by atoms with Crippen LogP contribution in [0.1, 0.15) is 12.5 Å². The molecule has 0 aliphatic rings. The van der Waals surface area contributed by atoms with E-state index in [4.69, 9.17) is 4.84 Å². The number of amides is 1. The van der Waals surface area contributed by atoms with E-state index in [9.17, 15) is 17.6 Å². The van der Waals surface area contributed by atoms with Gasteiger partial charge in [0.25, 0.3) is 5.91 Å². The maximum absolute atomic E-state index is 13.6. The molecule has 1 N–H and O–H groups in total. The van der Waals surface area contributed by atoms with Gasteiger partial charge in [-0.2, -0.15) is 0 Å². The number of nitrogens with zero attached hydrogens (tertiary/aromatic N) is 4. The third kappa shape index (κ3) is 4.20. The van der Waals surface area contributed by atoms with E-state index in [1.54, 1.807) is 19.1 Å². The van der Waals surface area contributed by atoms with Crippen LogP contribution in [0.4, 0.5) is 10.1 Å². The number of anilines is 1. The molecule has 2 aromatic carbocycles. The lowest BCUT2D eigenvalue weighted by molar-refractivity contribution is -0.127. The Kier molecular flexibility index (Phi) is 5.53. The van der Waals surface area contributed by atoms with Crippen molar-refractivity contribution >= 4 is 32.7 Å². The molecule has 1 atom stereocenters. The van der Waals surface area contributed by atoms with E-state index in [0.717, 1.165) is 9.15 Å². The number of carbonyl (C=O) groups is 1. The third-order valence-electron chi connectivity index (χ3n) is 4.23. The molecule has 29 heavy (non-hydrogen) atoms. The van der Waals surface area contributed by atoms with Crippen molar-refractivity contribution in [2.45, 2.75) is 24.8 Å². The minimum absolute atomic E-state index is 0.0365. The molecule has 0 saturated carbocycles. The Hall–Kier alpha value is -3.05. The van der Waals surface area contributed by atoms with Gasteiger partial charge < -0.3 is 10.2 Å². The van der Waals surface area contributed by atoms with Crippen molar-refractivity contribution in [3.05, 3.63) is 47.8 Å². The van der Waals surface area contributed by atoms with Crippen LogP contribution in [0.15, 0.2) is 41.3 Å². The summed E-state index contributed by atoms with van der Waals surface area (Å²) in [5.41, 5.74) is 1.44. The number of hydrogen-bond acceptors (Lipinski definition) is 6. The van der Waals surface area contributed by atoms with Crippen LogP contribution in [0.5, 0.6) is 0 Å². The van der Waals surface area contributed by atoms with Gasteiger partial charge >= 0.3 is 0 Å². The van der Waals surface area contributed by atoms with Gasteiger partial charge in [-0.25, -0.2) is 17.1 Å². The zero-order valence-electron chi connectivity index (χ0n) is 16.2. The quantitative estimate of drug-likeness (QED) is 0.648. The summed E-state index contributed by atoms with van der Waals surface area (Å²) in [6.45, 7) is 3.10. The van der Waals surface area contributed by atoms with Gasteiger partial charge in [-0.1, -0.05) is 10.9 Å². The van der Waals surface area contributed by atoms with Crippen molar-refractivity contribution in [1.29, 1.82) is 0 Å². The summed E-state index contributed by atoms with van der Waals surface area (Å²) in [4.78, 5) is 18.9. The number of rotatable bonds is 6. The van der Waals surface area contributed by atoms with Gasteiger partial charge in [0, 0.05) is 19.8 Å². The number of aryl methyl sites for hydroxylation is 1. The topological polar surface area (TPSA) is 106 Å². The van der Waals surface area contributed by atoms with Crippen molar-refractivity contribution in [2.75, 3.05) is 19.4 Å². The molecule has 0 aliphatic heterocycles. The highest BCUT2D eigenvalue weighted by molar-refractivity contribution is 7.89. The zero-order valence-corrected chi connectivity index (χ0v) is 17.1. The molecule has 0 radical (unpaired) electrons. The Morgan fingerprint density at radius 1 is 1.24 bits per heavy atom. The average molecular weight is 421 g/mol. The standard InChI is InChI=1S/C18H20FN5O4S/c1-11-5-6-13(9-15(11)19)20-18(25)12(2)28-24-17-10-14(29(26,27)23(3)4)7-8-16(17)21-22-24/h5-10,12H,1-4H3,(H,20,25). The summed E-state index contributed by atoms with van der Waals surface area (Å²) in [7, 11) is -0.817. The number of sulfonamides is 1. The van der Waals surface area contributed by atoms with Crippen LogP contribution >= 0.6 is 0 Å². The molecule has 1 amide bonds. The molecule has 1 unspecified atom stereocenters. The van der Waals surface area contributed by atoms with Crippen molar-refractivity contribution in [1.82, 2.24) is 19.5 Å². The Labute approximate surface area is 167 Å². The molecule has 0 spiro atoms. The fourth-order valence-corrected chi connectivity index (χ4v) is 3.36. The lowest BCUT2D eigenvalue weighted by Gasteiger charge is -2.15. The number of fused-ring (bicyclic) bond motifs is 1. The molecule has 1 aromatic heterocycles. The van der Waals surface area contributed by atoms with Crippen LogP contribution in [0.2, 0.25) is 0 Å². The number of aromatic nitrogens is 3. The first-order valence-electron chi connectivity index (χ1n) is 8.62. The summed E-state index contributed by atoms with van der Waals surface area (Å²) in [6, 6.07) is 8.62. The van der Waals surface area contributed by atoms with Crippen molar-refractivity contribution in [2.24, 2.45) is 0 Å². The number of carbonyl (C=O) groups excluding carboxylic acids is 1. The first kappa shape index (κ1) is 20.7. The van der Waals surface area contributed by atoms with Gasteiger partial charge in [0.15, 0.2) is 0 Å². The van der Waals surface area contributed by atoms with Crippen molar-refractivity contribution in [3.63, 3.8) is 0 Å². The molecular weight excluding hydrogens is 401 g/mol. The molecule has 0 saturated heterocycles. The van der Waals surface area contributed by atoms with E-state index >= 15 is 0 Å². The number of nitrogens with one attached hydrogen (secondary N) is 1. The van der Waals surface area contributed by atoms with Crippen LogP contribution < -0.4 is 10.2 Å². The highest BCUT2D eigenvalue weighted by atomic mass is 32.2. The van der Waals surface area contributed by atoms with E-state index in [1.807, 2.05) is 0 Å². The lowest BCUT2D eigenvalue weighted by Crippen LogP contribution is -2.35. The normalized spacial score (nSPS) is 12.9. The minimum atomic E-state index is -3.66. The largest absolute Gasteiger partial charge is 0.382 e. The van der Waals surface area contributed by atoms with E-state index < -0.39 is 27.9 Å². The molecular formula is C18H20FN5O4S. The van der Waals surface area contributed by atoms with Crippen LogP contribution in [-0.4, -0.2) is 54.0 Å². The molecule has 11 heteroatoms. The first-order valence-corrected chi connectivity index (χ1v) is 10.1. The Bertz CT molecular complexity index is 1180. The highest BCUT2D eigenvalue weighted by Gasteiger charge is 2.21. The van der Waals surface area contributed by atoms with Crippen molar-refractivity contribution < 1.29 is 22.4 Å². The molecule has 3 rings (SSSR count). The maximum atomic E-state index is 13.6. The molecule has 1 heterocycles. The first-order chi connectivity index (χ1) is 13.6. The van der Waals surface area contributed by atoms with E-state index in [-0.39, 0.29) is 16.1 Å². The second-order valence-electron chi connectivity index (χ2n) is 6.60. The maximum Gasteiger partial charge on any atom is 0.267 e. The second-order valence-corrected chi connectivity index (χ2v) is 8.75. The van der Waals surface area contributed by atoms with Crippen LogP contribution in [0.25, 0.3) is 11.0 Å². The molecule has 0 aliphatic carbocycles. The van der Waals surface area contributed by atoms with Gasteiger partial charge in [-0.05, 0) is 55.0 Å². The molecule has 9 nitrogen and oxygen atoms in total. The number of benzene rings is 2. The fraction of sp³-hybridized carbons (Fsp3) is 0.278. The molecule has 0 fully saturated rings.